The Kier molecular flexibility index (Phi) is 13.4. The van der Waals surface area contributed by atoms with Crippen LogP contribution >= 0.6 is 0 Å². The summed E-state index contributed by atoms with van der Waals surface area (Å²) < 4.78 is 53.9. The Morgan fingerprint density at radius 2 is 0.818 bits per heavy atom. The van der Waals surface area contributed by atoms with E-state index in [2.05, 4.69) is 0 Å². The molecule has 44 heavy (non-hydrogen) atoms. The van der Waals surface area contributed by atoms with E-state index in [1.54, 1.807) is 0 Å². The van der Waals surface area contributed by atoms with Crippen LogP contribution in [0.3, 0.4) is 0 Å². The van der Waals surface area contributed by atoms with Gasteiger partial charge >= 0.3 is 41.8 Å². The second kappa shape index (κ2) is 16.3. The maximum absolute atomic E-state index is 12.1. The number of carbonyl (C=O) groups excluding carboxylic acids is 7. The van der Waals surface area contributed by atoms with Crippen molar-refractivity contribution in [2.45, 2.75) is 110 Å². The number of aliphatic hydroxyl groups excluding tert-OH is 1. The van der Waals surface area contributed by atoms with Gasteiger partial charge in [-0.2, -0.15) is 0 Å². The smallest absolute Gasteiger partial charge is 0.303 e. The summed E-state index contributed by atoms with van der Waals surface area (Å²) in [4.78, 5) is 83.3. The highest BCUT2D eigenvalue weighted by Crippen LogP contribution is 2.34. The molecule has 0 radical (unpaired) electrons. The molecule has 248 valence electrons. The average Bonchev–Trinajstić information content (AvgIpc) is 2.87. The fourth-order valence-corrected chi connectivity index (χ4v) is 4.49. The van der Waals surface area contributed by atoms with Crippen molar-refractivity contribution in [3.8, 4) is 0 Å². The van der Waals surface area contributed by atoms with E-state index in [4.69, 9.17) is 47.4 Å². The first-order valence-electron chi connectivity index (χ1n) is 13.3. The Balaban J connectivity index is 2.59. The van der Waals surface area contributed by atoms with Crippen molar-refractivity contribution in [2.75, 3.05) is 13.2 Å². The van der Waals surface area contributed by atoms with Gasteiger partial charge in [-0.15, -0.1) is 0 Å². The second-order valence-electron chi connectivity index (χ2n) is 9.68. The summed E-state index contributed by atoms with van der Waals surface area (Å²) in [6.07, 6.45) is -16.3. The van der Waals surface area contributed by atoms with Gasteiger partial charge in [-0.3, -0.25) is 33.6 Å². The van der Waals surface area contributed by atoms with Crippen LogP contribution in [0.25, 0.3) is 0 Å². The van der Waals surface area contributed by atoms with E-state index in [1.165, 1.54) is 0 Å². The third-order valence-electron chi connectivity index (χ3n) is 5.90. The standard InChI is InChI=1S/C26H36O18/c1-10(27)35-8-17-19(37-12(3)29)21(39-14(5)31)23(25(34)42-17)44-26-24(41-16(7)33)22(40-15(6)32)20(38-13(4)30)18(43-26)9-36-11(2)28/h17-26,34H,8-9H2,1-7H3/t17-,18-,19-,20-,21+,22+,23-,24-,25+,26-/m1/s1. The third-order valence-corrected chi connectivity index (χ3v) is 5.90. The zero-order valence-corrected chi connectivity index (χ0v) is 25.1. The van der Waals surface area contributed by atoms with Gasteiger partial charge in [0.15, 0.2) is 49.2 Å². The van der Waals surface area contributed by atoms with Gasteiger partial charge in [-0.1, -0.05) is 0 Å². The van der Waals surface area contributed by atoms with E-state index in [1.807, 2.05) is 0 Å². The van der Waals surface area contributed by atoms with Crippen LogP contribution in [0, 0.1) is 0 Å². The summed E-state index contributed by atoms with van der Waals surface area (Å²) in [5.74, 6) is -5.97. The van der Waals surface area contributed by atoms with Gasteiger partial charge in [0.2, 0.25) is 0 Å². The molecule has 2 saturated heterocycles. The summed E-state index contributed by atoms with van der Waals surface area (Å²) in [6, 6.07) is 0. The first kappa shape index (κ1) is 36.3. The van der Waals surface area contributed by atoms with E-state index >= 15 is 0 Å². The molecule has 0 aliphatic carbocycles. The topological polar surface area (TPSA) is 232 Å². The fraction of sp³-hybridized carbons (Fsp3) is 0.731. The SMILES string of the molecule is CC(=O)OC[C@H]1O[C@H](O)[C@H](O[C@H]2O[C@H](COC(C)=O)[C@@H](OC(C)=O)[C@H](OC(C)=O)[C@H]2OC(C)=O)[C@@H](OC(C)=O)[C@@H]1OC(C)=O. The van der Waals surface area contributed by atoms with Gasteiger partial charge in [0.1, 0.15) is 25.4 Å². The highest BCUT2D eigenvalue weighted by atomic mass is 16.8. The molecule has 0 aromatic rings. The number of hydrogen-bond acceptors (Lipinski definition) is 18. The number of ether oxygens (including phenoxy) is 10. The highest BCUT2D eigenvalue weighted by Gasteiger charge is 2.57. The van der Waals surface area contributed by atoms with Crippen LogP contribution in [-0.4, -0.2) is 122 Å². The molecule has 18 nitrogen and oxygen atoms in total. The van der Waals surface area contributed by atoms with E-state index in [-0.39, 0.29) is 0 Å². The average molecular weight is 637 g/mol. The lowest BCUT2D eigenvalue weighted by Crippen LogP contribution is -2.67. The van der Waals surface area contributed by atoms with Gasteiger partial charge in [0.05, 0.1) is 0 Å². The van der Waals surface area contributed by atoms with Gasteiger partial charge in [0, 0.05) is 48.5 Å². The molecular formula is C26H36O18. The van der Waals surface area contributed by atoms with Crippen LogP contribution in [0.4, 0.5) is 0 Å². The van der Waals surface area contributed by atoms with Gasteiger partial charge in [-0.25, -0.2) is 0 Å². The molecule has 2 aliphatic rings. The van der Waals surface area contributed by atoms with Gasteiger partial charge < -0.3 is 52.5 Å². The van der Waals surface area contributed by atoms with E-state index in [9.17, 15) is 38.7 Å². The van der Waals surface area contributed by atoms with Crippen LogP contribution in [0.2, 0.25) is 0 Å². The molecule has 2 rings (SSSR count). The normalized spacial score (nSPS) is 31.5. The van der Waals surface area contributed by atoms with Crippen LogP contribution in [0.1, 0.15) is 48.5 Å². The molecule has 2 heterocycles. The summed E-state index contributed by atoms with van der Waals surface area (Å²) in [7, 11) is 0. The van der Waals surface area contributed by atoms with Crippen LogP contribution in [0.15, 0.2) is 0 Å². The Morgan fingerprint density at radius 1 is 0.477 bits per heavy atom. The van der Waals surface area contributed by atoms with Crippen molar-refractivity contribution in [1.29, 1.82) is 0 Å². The van der Waals surface area contributed by atoms with Gasteiger partial charge in [-0.05, 0) is 0 Å². The molecule has 0 unspecified atom stereocenters. The molecule has 0 aromatic carbocycles. The number of rotatable bonds is 11. The van der Waals surface area contributed by atoms with E-state index in [0.717, 1.165) is 48.5 Å². The molecule has 0 amide bonds. The molecule has 1 N–H and O–H groups in total. The first-order valence-corrected chi connectivity index (χ1v) is 13.3. The van der Waals surface area contributed by atoms with Crippen LogP contribution in [-0.2, 0) is 80.9 Å². The third kappa shape index (κ3) is 10.7. The van der Waals surface area contributed by atoms with Crippen molar-refractivity contribution in [3.63, 3.8) is 0 Å². The quantitative estimate of drug-likeness (QED) is 0.203. The van der Waals surface area contributed by atoms with Gasteiger partial charge in [0.25, 0.3) is 0 Å². The zero-order chi connectivity index (χ0) is 33.3. The van der Waals surface area contributed by atoms with Crippen molar-refractivity contribution >= 4 is 41.8 Å². The molecule has 0 bridgehead atoms. The first-order chi connectivity index (χ1) is 20.5. The highest BCUT2D eigenvalue weighted by molar-refractivity contribution is 5.69. The minimum absolute atomic E-state index is 0.534. The second-order valence-corrected chi connectivity index (χ2v) is 9.68. The predicted molar refractivity (Wildman–Crippen MR) is 135 cm³/mol. The molecule has 0 aromatic heterocycles. The fourth-order valence-electron chi connectivity index (χ4n) is 4.49. The lowest BCUT2D eigenvalue weighted by atomic mass is 9.96. The Morgan fingerprint density at radius 3 is 1.20 bits per heavy atom. The maximum atomic E-state index is 12.1. The number of carbonyl (C=O) groups is 7. The molecule has 2 fully saturated rings. The van der Waals surface area contributed by atoms with Crippen molar-refractivity contribution in [3.05, 3.63) is 0 Å². The number of hydrogen-bond donors (Lipinski definition) is 1. The minimum Gasteiger partial charge on any atom is -0.463 e. The molecule has 18 heteroatoms. The zero-order valence-electron chi connectivity index (χ0n) is 25.1. The molecule has 10 atom stereocenters. The lowest BCUT2D eigenvalue weighted by Gasteiger charge is -2.47. The van der Waals surface area contributed by atoms with E-state index < -0.39 is 116 Å². The van der Waals surface area contributed by atoms with Crippen molar-refractivity contribution < 1.29 is 86.0 Å². The number of aliphatic hydroxyl groups is 1. The van der Waals surface area contributed by atoms with Crippen LogP contribution in [0.5, 0.6) is 0 Å². The maximum Gasteiger partial charge on any atom is 0.303 e. The lowest BCUT2D eigenvalue weighted by molar-refractivity contribution is -0.363. The molecule has 0 spiro atoms. The minimum atomic E-state index is -1.99. The molecule has 0 saturated carbocycles. The largest absolute Gasteiger partial charge is 0.463 e. The van der Waals surface area contributed by atoms with Crippen LogP contribution < -0.4 is 0 Å². The molecular weight excluding hydrogens is 600 g/mol. The summed E-state index contributed by atoms with van der Waals surface area (Å²) >= 11 is 0. The Labute approximate surface area is 251 Å². The number of esters is 7. The predicted octanol–water partition coefficient (Wildman–Crippen LogP) is -1.40. The Bertz CT molecular complexity index is 1090. The molecule has 2 aliphatic heterocycles. The Hall–Kier alpha value is -3.87. The monoisotopic (exact) mass is 636 g/mol. The summed E-state index contributed by atoms with van der Waals surface area (Å²) in [5.41, 5.74) is 0. The van der Waals surface area contributed by atoms with Crippen molar-refractivity contribution in [1.82, 2.24) is 0 Å². The van der Waals surface area contributed by atoms with Crippen molar-refractivity contribution in [2.24, 2.45) is 0 Å². The van der Waals surface area contributed by atoms with E-state index in [0.29, 0.717) is 0 Å². The summed E-state index contributed by atoms with van der Waals surface area (Å²) in [5, 5.41) is 11.0. The summed E-state index contributed by atoms with van der Waals surface area (Å²) in [6.45, 7) is 6.19.